The van der Waals surface area contributed by atoms with Crippen LogP contribution in [0.4, 0.5) is 0 Å². The third-order valence-corrected chi connectivity index (χ3v) is 3.03. The SMILES string of the molecule is COC(=O)CC(O)C(O)c1ccc(Br)cc1C(=O)O. The van der Waals surface area contributed by atoms with Gasteiger partial charge in [-0.1, -0.05) is 22.0 Å². The number of esters is 1. The van der Waals surface area contributed by atoms with Crippen LogP contribution in [-0.4, -0.2) is 40.5 Å². The number of aliphatic hydroxyl groups excluding tert-OH is 2. The molecule has 0 aliphatic heterocycles. The van der Waals surface area contributed by atoms with Crippen molar-refractivity contribution in [2.45, 2.75) is 18.6 Å². The molecule has 1 rings (SSSR count). The number of carbonyl (C=O) groups is 2. The van der Waals surface area contributed by atoms with E-state index < -0.39 is 30.6 Å². The third-order valence-electron chi connectivity index (χ3n) is 2.53. The van der Waals surface area contributed by atoms with E-state index in [1.165, 1.54) is 18.2 Å². The molecule has 0 saturated heterocycles. The van der Waals surface area contributed by atoms with Gasteiger partial charge < -0.3 is 20.1 Å². The van der Waals surface area contributed by atoms with Crippen LogP contribution in [0.15, 0.2) is 22.7 Å². The van der Waals surface area contributed by atoms with Crippen LogP contribution in [0, 0.1) is 0 Å². The number of hydrogen-bond acceptors (Lipinski definition) is 5. The molecule has 3 N–H and O–H groups in total. The molecule has 0 saturated carbocycles. The van der Waals surface area contributed by atoms with Crippen molar-refractivity contribution in [2.75, 3.05) is 7.11 Å². The standard InChI is InChI=1S/C12H13BrO6/c1-19-10(15)5-9(14)11(16)7-3-2-6(13)4-8(7)12(17)18/h2-4,9,11,14,16H,5H2,1H3,(H,17,18). The highest BCUT2D eigenvalue weighted by Crippen LogP contribution is 2.26. The maximum Gasteiger partial charge on any atom is 0.336 e. The molecule has 0 amide bonds. The summed E-state index contributed by atoms with van der Waals surface area (Å²) in [6, 6.07) is 4.22. The van der Waals surface area contributed by atoms with Crippen molar-refractivity contribution in [1.29, 1.82) is 0 Å². The van der Waals surface area contributed by atoms with Crippen LogP contribution in [0.3, 0.4) is 0 Å². The highest BCUT2D eigenvalue weighted by molar-refractivity contribution is 9.10. The van der Waals surface area contributed by atoms with Gasteiger partial charge in [0.2, 0.25) is 0 Å². The number of carboxylic acids is 1. The first-order valence-corrected chi connectivity index (χ1v) is 6.11. The molecule has 1 aromatic carbocycles. The first-order chi connectivity index (χ1) is 8.86. The minimum atomic E-state index is -1.49. The zero-order valence-corrected chi connectivity index (χ0v) is 11.6. The molecule has 0 radical (unpaired) electrons. The molecule has 0 aliphatic rings. The first-order valence-electron chi connectivity index (χ1n) is 5.32. The van der Waals surface area contributed by atoms with Crippen LogP contribution < -0.4 is 0 Å². The molecule has 2 atom stereocenters. The van der Waals surface area contributed by atoms with Crippen LogP contribution in [0.25, 0.3) is 0 Å². The topological polar surface area (TPSA) is 104 Å². The number of ether oxygens (including phenoxy) is 1. The maximum absolute atomic E-state index is 11.1. The van der Waals surface area contributed by atoms with Gasteiger partial charge in [0.25, 0.3) is 0 Å². The van der Waals surface area contributed by atoms with Gasteiger partial charge in [0.15, 0.2) is 0 Å². The molecule has 0 spiro atoms. The predicted molar refractivity (Wildman–Crippen MR) is 68.7 cm³/mol. The summed E-state index contributed by atoms with van der Waals surface area (Å²) in [5, 5.41) is 28.7. The molecule has 0 aromatic heterocycles. The van der Waals surface area contributed by atoms with Crippen molar-refractivity contribution in [2.24, 2.45) is 0 Å². The van der Waals surface area contributed by atoms with E-state index in [1.807, 2.05) is 0 Å². The Morgan fingerprint density at radius 3 is 2.53 bits per heavy atom. The molecule has 0 fully saturated rings. The molecule has 0 heterocycles. The fraction of sp³-hybridized carbons (Fsp3) is 0.333. The summed E-state index contributed by atoms with van der Waals surface area (Å²) < 4.78 is 4.90. The predicted octanol–water partition coefficient (Wildman–Crippen LogP) is 1.10. The largest absolute Gasteiger partial charge is 0.478 e. The second-order valence-electron chi connectivity index (χ2n) is 3.83. The number of rotatable bonds is 5. The number of methoxy groups -OCH3 is 1. The number of benzene rings is 1. The average Bonchev–Trinajstić information content (AvgIpc) is 2.37. The van der Waals surface area contributed by atoms with Crippen LogP contribution in [-0.2, 0) is 9.53 Å². The van der Waals surface area contributed by atoms with E-state index in [0.29, 0.717) is 4.47 Å². The third kappa shape index (κ3) is 4.02. The van der Waals surface area contributed by atoms with E-state index in [9.17, 15) is 19.8 Å². The Bertz CT molecular complexity index is 487. The van der Waals surface area contributed by atoms with E-state index in [2.05, 4.69) is 20.7 Å². The molecule has 19 heavy (non-hydrogen) atoms. The smallest absolute Gasteiger partial charge is 0.336 e. The number of aliphatic hydroxyl groups is 2. The van der Waals surface area contributed by atoms with Crippen molar-refractivity contribution in [3.8, 4) is 0 Å². The van der Waals surface area contributed by atoms with Crippen molar-refractivity contribution >= 4 is 27.9 Å². The van der Waals surface area contributed by atoms with Crippen molar-refractivity contribution in [3.63, 3.8) is 0 Å². The molecule has 7 heteroatoms. The Morgan fingerprint density at radius 1 is 1.37 bits per heavy atom. The zero-order chi connectivity index (χ0) is 14.6. The fourth-order valence-electron chi connectivity index (χ4n) is 1.54. The van der Waals surface area contributed by atoms with E-state index in [0.717, 1.165) is 7.11 Å². The van der Waals surface area contributed by atoms with Gasteiger partial charge >= 0.3 is 11.9 Å². The quantitative estimate of drug-likeness (QED) is 0.697. The number of carboxylic acid groups (broad SMARTS) is 1. The van der Waals surface area contributed by atoms with Crippen LogP contribution in [0.1, 0.15) is 28.4 Å². The summed E-state index contributed by atoms with van der Waals surface area (Å²) in [5.41, 5.74) is -0.113. The Hall–Kier alpha value is -1.44. The molecule has 2 unspecified atom stereocenters. The van der Waals surface area contributed by atoms with Gasteiger partial charge in [0, 0.05) is 4.47 Å². The molecule has 0 bridgehead atoms. The van der Waals surface area contributed by atoms with Gasteiger partial charge in [-0.3, -0.25) is 4.79 Å². The zero-order valence-electron chi connectivity index (χ0n) is 10.0. The molecule has 0 aliphatic carbocycles. The van der Waals surface area contributed by atoms with Crippen LogP contribution in [0.2, 0.25) is 0 Å². The first kappa shape index (κ1) is 15.6. The van der Waals surface area contributed by atoms with E-state index in [1.54, 1.807) is 0 Å². The monoisotopic (exact) mass is 332 g/mol. The van der Waals surface area contributed by atoms with Gasteiger partial charge in [0.05, 0.1) is 25.2 Å². The number of halogens is 1. The lowest BCUT2D eigenvalue weighted by atomic mass is 9.97. The second kappa shape index (κ2) is 6.65. The minimum Gasteiger partial charge on any atom is -0.478 e. The number of hydrogen-bond donors (Lipinski definition) is 3. The van der Waals surface area contributed by atoms with E-state index in [4.69, 9.17) is 5.11 Å². The lowest BCUT2D eigenvalue weighted by molar-refractivity contribution is -0.144. The number of aromatic carboxylic acids is 1. The summed E-state index contributed by atoms with van der Waals surface area (Å²) in [7, 11) is 1.16. The molecule has 104 valence electrons. The van der Waals surface area contributed by atoms with Crippen LogP contribution in [0.5, 0.6) is 0 Å². The highest BCUT2D eigenvalue weighted by Gasteiger charge is 2.26. The molecular formula is C12H13BrO6. The number of carbonyl (C=O) groups excluding carboxylic acids is 1. The van der Waals surface area contributed by atoms with E-state index >= 15 is 0 Å². The Kier molecular flexibility index (Phi) is 5.46. The Labute approximate surface area is 117 Å². The fourth-order valence-corrected chi connectivity index (χ4v) is 1.91. The van der Waals surface area contributed by atoms with Gasteiger partial charge in [0.1, 0.15) is 6.10 Å². The molecular weight excluding hydrogens is 320 g/mol. The van der Waals surface area contributed by atoms with Gasteiger partial charge in [-0.2, -0.15) is 0 Å². The molecule has 1 aromatic rings. The lowest BCUT2D eigenvalue weighted by Gasteiger charge is -2.19. The second-order valence-corrected chi connectivity index (χ2v) is 4.74. The van der Waals surface area contributed by atoms with Gasteiger partial charge in [-0.05, 0) is 17.7 Å². The summed E-state index contributed by atoms with van der Waals surface area (Å²) in [6.07, 6.45) is -3.35. The highest BCUT2D eigenvalue weighted by atomic mass is 79.9. The van der Waals surface area contributed by atoms with E-state index in [-0.39, 0.29) is 11.1 Å². The minimum absolute atomic E-state index is 0.0344. The Balaban J connectivity index is 3.01. The van der Waals surface area contributed by atoms with Crippen molar-refractivity contribution in [3.05, 3.63) is 33.8 Å². The average molecular weight is 333 g/mol. The summed E-state index contributed by atoms with van der Waals surface area (Å²) in [6.45, 7) is 0. The lowest BCUT2D eigenvalue weighted by Crippen LogP contribution is -2.24. The maximum atomic E-state index is 11.1. The Morgan fingerprint density at radius 2 is 2.00 bits per heavy atom. The van der Waals surface area contributed by atoms with Crippen molar-refractivity contribution < 1.29 is 29.6 Å². The molecule has 6 nitrogen and oxygen atoms in total. The van der Waals surface area contributed by atoms with Gasteiger partial charge in [-0.25, -0.2) is 4.79 Å². The van der Waals surface area contributed by atoms with Crippen LogP contribution >= 0.6 is 15.9 Å². The summed E-state index contributed by atoms with van der Waals surface area (Å²) in [5.74, 6) is -1.93. The summed E-state index contributed by atoms with van der Waals surface area (Å²) >= 11 is 3.12. The van der Waals surface area contributed by atoms with Crippen molar-refractivity contribution in [1.82, 2.24) is 0 Å². The van der Waals surface area contributed by atoms with Gasteiger partial charge in [-0.15, -0.1) is 0 Å². The summed E-state index contributed by atoms with van der Waals surface area (Å²) in [4.78, 5) is 22.1. The normalized spacial score (nSPS) is 13.7.